The van der Waals surface area contributed by atoms with Gasteiger partial charge in [-0.3, -0.25) is 5.32 Å². The first-order chi connectivity index (χ1) is 9.20. The smallest absolute Gasteiger partial charge is 0.156 e. The second-order valence-electron chi connectivity index (χ2n) is 5.33. The zero-order valence-corrected chi connectivity index (χ0v) is 11.7. The van der Waals surface area contributed by atoms with E-state index in [4.69, 9.17) is 4.74 Å². The minimum atomic E-state index is -0.716. The van der Waals surface area contributed by atoms with Gasteiger partial charge in [-0.05, 0) is 31.7 Å². The van der Waals surface area contributed by atoms with Crippen molar-refractivity contribution in [2.24, 2.45) is 0 Å². The van der Waals surface area contributed by atoms with Gasteiger partial charge in [-0.1, -0.05) is 37.3 Å². The zero-order valence-electron chi connectivity index (χ0n) is 11.7. The minimum absolute atomic E-state index is 0.178. The lowest BCUT2D eigenvalue weighted by atomic mass is 9.92. The highest BCUT2D eigenvalue weighted by Gasteiger charge is 2.38. The highest BCUT2D eigenvalue weighted by Crippen LogP contribution is 2.29. The summed E-state index contributed by atoms with van der Waals surface area (Å²) in [5, 5.41) is 13.2. The van der Waals surface area contributed by atoms with Crippen molar-refractivity contribution < 1.29 is 4.74 Å². The molecule has 102 valence electrons. The van der Waals surface area contributed by atoms with Gasteiger partial charge in [0.05, 0.1) is 18.8 Å². The van der Waals surface area contributed by atoms with Gasteiger partial charge in [-0.15, -0.1) is 0 Å². The molecule has 1 aliphatic rings. The minimum Gasteiger partial charge on any atom is -0.375 e. The van der Waals surface area contributed by atoms with Crippen molar-refractivity contribution in [2.75, 3.05) is 6.61 Å². The molecule has 1 aliphatic carbocycles. The van der Waals surface area contributed by atoms with Crippen molar-refractivity contribution in [3.8, 4) is 6.07 Å². The van der Waals surface area contributed by atoms with Gasteiger partial charge in [-0.2, -0.15) is 5.26 Å². The fourth-order valence-electron chi connectivity index (χ4n) is 2.02. The van der Waals surface area contributed by atoms with Gasteiger partial charge in [0.15, 0.2) is 5.54 Å². The molecule has 2 unspecified atom stereocenters. The fraction of sp³-hybridized carbons (Fsp3) is 0.562. The molecule has 1 aromatic carbocycles. The summed E-state index contributed by atoms with van der Waals surface area (Å²) in [5.74, 6) is 0. The zero-order chi connectivity index (χ0) is 13.7. The van der Waals surface area contributed by atoms with E-state index < -0.39 is 5.54 Å². The second kappa shape index (κ2) is 6.18. The Morgan fingerprint density at radius 3 is 2.63 bits per heavy atom. The van der Waals surface area contributed by atoms with Crippen molar-refractivity contribution in [2.45, 2.75) is 50.8 Å². The Morgan fingerprint density at radius 2 is 2.11 bits per heavy atom. The van der Waals surface area contributed by atoms with Crippen molar-refractivity contribution in [1.82, 2.24) is 5.32 Å². The van der Waals surface area contributed by atoms with Gasteiger partial charge < -0.3 is 4.74 Å². The Hall–Kier alpha value is -1.37. The summed E-state index contributed by atoms with van der Waals surface area (Å²) < 4.78 is 5.85. The molecule has 0 aromatic heterocycles. The molecule has 0 saturated heterocycles. The number of rotatable bonds is 7. The van der Waals surface area contributed by atoms with Gasteiger partial charge in [0.2, 0.25) is 0 Å². The lowest BCUT2D eigenvalue weighted by molar-refractivity contribution is 0.0302. The molecule has 0 spiro atoms. The van der Waals surface area contributed by atoms with Crippen LogP contribution in [0.1, 0.15) is 38.7 Å². The molecule has 2 rings (SSSR count). The molecule has 0 aliphatic heterocycles. The van der Waals surface area contributed by atoms with E-state index in [1.807, 2.05) is 37.3 Å². The third-order valence-corrected chi connectivity index (χ3v) is 3.64. The molecule has 0 heterocycles. The maximum atomic E-state index is 9.70. The van der Waals surface area contributed by atoms with E-state index in [9.17, 15) is 5.26 Å². The number of nitriles is 1. The quantitative estimate of drug-likeness (QED) is 0.817. The van der Waals surface area contributed by atoms with Crippen LogP contribution in [-0.2, 0) is 10.3 Å². The molecule has 1 aromatic rings. The van der Waals surface area contributed by atoms with Crippen LogP contribution in [0, 0.1) is 11.3 Å². The van der Waals surface area contributed by atoms with Crippen molar-refractivity contribution >= 4 is 0 Å². The van der Waals surface area contributed by atoms with Crippen molar-refractivity contribution in [3.63, 3.8) is 0 Å². The molecule has 1 fully saturated rings. The summed E-state index contributed by atoms with van der Waals surface area (Å²) in [6, 6.07) is 12.8. The Labute approximate surface area is 115 Å². The lowest BCUT2D eigenvalue weighted by Gasteiger charge is -2.29. The van der Waals surface area contributed by atoms with Crippen LogP contribution in [0.25, 0.3) is 0 Å². The Kier molecular flexibility index (Phi) is 4.57. The average Bonchev–Trinajstić information content (AvgIpc) is 3.28. The third kappa shape index (κ3) is 3.56. The third-order valence-electron chi connectivity index (χ3n) is 3.64. The molecule has 0 bridgehead atoms. The van der Waals surface area contributed by atoms with Crippen LogP contribution in [0.2, 0.25) is 0 Å². The highest BCUT2D eigenvalue weighted by atomic mass is 16.5. The monoisotopic (exact) mass is 258 g/mol. The van der Waals surface area contributed by atoms with E-state index in [0.29, 0.717) is 12.6 Å². The predicted molar refractivity (Wildman–Crippen MR) is 75.6 cm³/mol. The number of nitrogens with zero attached hydrogens (tertiary/aromatic N) is 1. The first-order valence-electron chi connectivity index (χ1n) is 7.06. The summed E-state index contributed by atoms with van der Waals surface area (Å²) in [6.07, 6.45) is 3.44. The van der Waals surface area contributed by atoms with E-state index in [2.05, 4.69) is 18.3 Å². The molecule has 3 nitrogen and oxygen atoms in total. The average molecular weight is 258 g/mol. The Bertz CT molecular complexity index is 436. The van der Waals surface area contributed by atoms with Crippen molar-refractivity contribution in [1.29, 1.82) is 5.26 Å². The first-order valence-corrected chi connectivity index (χ1v) is 7.06. The summed E-state index contributed by atoms with van der Waals surface area (Å²) in [7, 11) is 0. The SMILES string of the molecule is CCC(C)OCC(C#N)(NC1CC1)c1ccccc1. The summed E-state index contributed by atoms with van der Waals surface area (Å²) in [6.45, 7) is 4.54. The van der Waals surface area contributed by atoms with Crippen LogP contribution in [0.5, 0.6) is 0 Å². The molecule has 3 heteroatoms. The van der Waals surface area contributed by atoms with Crippen LogP contribution in [0.3, 0.4) is 0 Å². The normalized spacial score (nSPS) is 19.4. The lowest BCUT2D eigenvalue weighted by Crippen LogP contribution is -2.47. The molecule has 0 amide bonds. The standard InChI is InChI=1S/C16H22N2O/c1-3-13(2)19-12-16(11-17,18-15-9-10-15)14-7-5-4-6-8-14/h4-8,13,15,18H,3,9-10,12H2,1-2H3. The summed E-state index contributed by atoms with van der Waals surface area (Å²) in [4.78, 5) is 0. The molecule has 19 heavy (non-hydrogen) atoms. The van der Waals surface area contributed by atoms with E-state index in [0.717, 1.165) is 24.8 Å². The number of hydrogen-bond acceptors (Lipinski definition) is 3. The van der Waals surface area contributed by atoms with Crippen LogP contribution >= 0.6 is 0 Å². The van der Waals surface area contributed by atoms with Crippen LogP contribution in [0.15, 0.2) is 30.3 Å². The van der Waals surface area contributed by atoms with Crippen LogP contribution in [0.4, 0.5) is 0 Å². The van der Waals surface area contributed by atoms with Crippen LogP contribution < -0.4 is 5.32 Å². The molecule has 1 N–H and O–H groups in total. The Balaban J connectivity index is 2.18. The van der Waals surface area contributed by atoms with E-state index >= 15 is 0 Å². The molecular formula is C16H22N2O. The van der Waals surface area contributed by atoms with Gasteiger partial charge in [0.1, 0.15) is 0 Å². The predicted octanol–water partition coefficient (Wildman–Crippen LogP) is 2.97. The van der Waals surface area contributed by atoms with Gasteiger partial charge in [0, 0.05) is 6.04 Å². The number of hydrogen-bond donors (Lipinski definition) is 1. The molecule has 0 radical (unpaired) electrons. The summed E-state index contributed by atoms with van der Waals surface area (Å²) in [5.41, 5.74) is 0.277. The Morgan fingerprint density at radius 1 is 1.42 bits per heavy atom. The van der Waals surface area contributed by atoms with Gasteiger partial charge in [0.25, 0.3) is 0 Å². The molecule has 2 atom stereocenters. The van der Waals surface area contributed by atoms with Crippen molar-refractivity contribution in [3.05, 3.63) is 35.9 Å². The van der Waals surface area contributed by atoms with Gasteiger partial charge in [-0.25, -0.2) is 0 Å². The number of benzene rings is 1. The first kappa shape index (κ1) is 14.0. The molecular weight excluding hydrogens is 236 g/mol. The highest BCUT2D eigenvalue weighted by molar-refractivity contribution is 5.32. The van der Waals surface area contributed by atoms with Crippen LogP contribution in [-0.4, -0.2) is 18.8 Å². The maximum Gasteiger partial charge on any atom is 0.156 e. The van der Waals surface area contributed by atoms with E-state index in [-0.39, 0.29) is 6.10 Å². The fourth-order valence-corrected chi connectivity index (χ4v) is 2.02. The van der Waals surface area contributed by atoms with E-state index in [1.54, 1.807) is 0 Å². The number of ether oxygens (including phenoxy) is 1. The second-order valence-corrected chi connectivity index (χ2v) is 5.33. The number of nitrogens with one attached hydrogen (secondary N) is 1. The molecule has 1 saturated carbocycles. The largest absolute Gasteiger partial charge is 0.375 e. The topological polar surface area (TPSA) is 45.0 Å². The maximum absolute atomic E-state index is 9.70. The summed E-state index contributed by atoms with van der Waals surface area (Å²) >= 11 is 0. The van der Waals surface area contributed by atoms with Gasteiger partial charge >= 0.3 is 0 Å². The van der Waals surface area contributed by atoms with E-state index in [1.165, 1.54) is 0 Å².